The molecule has 3 heterocycles. The van der Waals surface area contributed by atoms with Crippen molar-refractivity contribution in [1.82, 2.24) is 19.5 Å². The van der Waals surface area contributed by atoms with E-state index in [1.807, 2.05) is 0 Å². The van der Waals surface area contributed by atoms with E-state index in [1.165, 1.54) is 53.8 Å². The Hall–Kier alpha value is -5.26. The Morgan fingerprint density at radius 2 is 1.87 bits per heavy atom. The standard InChI is InChI=1S/C27H19F3N6O3/c28-27(29,30)22-11-18(3-5-21(22)17-2-1-8-32-14-17)35-26(38)36-9-7-16-10-20(4-6-23(16)36)39-25-13-19(12-24(31)37)33-15-34-25/h1-11,13-15H,12H2,(H2,31,37)(H,35,38). The number of ether oxygens (including phenoxy) is 1. The maximum Gasteiger partial charge on any atom is 0.417 e. The molecule has 0 unspecified atom stereocenters. The van der Waals surface area contributed by atoms with Crippen LogP contribution in [0.15, 0.2) is 85.6 Å². The van der Waals surface area contributed by atoms with Crippen molar-refractivity contribution in [3.05, 3.63) is 96.8 Å². The molecule has 2 aromatic carbocycles. The van der Waals surface area contributed by atoms with Crippen molar-refractivity contribution in [1.29, 1.82) is 0 Å². The molecule has 0 aliphatic rings. The zero-order valence-electron chi connectivity index (χ0n) is 20.0. The first-order valence-corrected chi connectivity index (χ1v) is 11.5. The number of nitrogens with two attached hydrogens (primary N) is 1. The van der Waals surface area contributed by atoms with Crippen LogP contribution >= 0.6 is 0 Å². The molecule has 3 aromatic heterocycles. The second kappa shape index (κ2) is 10.2. The highest BCUT2D eigenvalue weighted by molar-refractivity contribution is 5.99. The third-order valence-corrected chi connectivity index (χ3v) is 5.71. The Morgan fingerprint density at radius 1 is 1.03 bits per heavy atom. The molecule has 5 rings (SSSR count). The molecular weight excluding hydrogens is 513 g/mol. The second-order valence-corrected chi connectivity index (χ2v) is 8.43. The summed E-state index contributed by atoms with van der Waals surface area (Å²) in [6.07, 6.45) is 0.853. The molecular formula is C27H19F3N6O3. The number of benzene rings is 2. The van der Waals surface area contributed by atoms with Gasteiger partial charge in [0.05, 0.1) is 23.2 Å². The molecule has 0 saturated heterocycles. The van der Waals surface area contributed by atoms with Gasteiger partial charge in [-0.3, -0.25) is 14.3 Å². The van der Waals surface area contributed by atoms with E-state index in [0.29, 0.717) is 27.9 Å². The van der Waals surface area contributed by atoms with Crippen molar-refractivity contribution in [2.75, 3.05) is 5.32 Å². The van der Waals surface area contributed by atoms with Gasteiger partial charge in [0, 0.05) is 41.3 Å². The van der Waals surface area contributed by atoms with Crippen LogP contribution in [0.2, 0.25) is 0 Å². The van der Waals surface area contributed by atoms with Crippen molar-refractivity contribution in [2.45, 2.75) is 12.6 Å². The quantitative estimate of drug-likeness (QED) is 0.301. The van der Waals surface area contributed by atoms with E-state index in [0.717, 1.165) is 6.07 Å². The van der Waals surface area contributed by atoms with Crippen molar-refractivity contribution in [3.63, 3.8) is 0 Å². The molecule has 5 aromatic rings. The van der Waals surface area contributed by atoms with Gasteiger partial charge in [-0.2, -0.15) is 13.2 Å². The van der Waals surface area contributed by atoms with E-state index in [4.69, 9.17) is 10.5 Å². The molecule has 0 saturated carbocycles. The number of primary amides is 1. The molecule has 0 fully saturated rings. The first kappa shape index (κ1) is 25.4. The minimum atomic E-state index is -4.65. The predicted molar refractivity (Wildman–Crippen MR) is 136 cm³/mol. The van der Waals surface area contributed by atoms with Gasteiger partial charge in [0.1, 0.15) is 12.1 Å². The van der Waals surface area contributed by atoms with Crippen LogP contribution in [0, 0.1) is 0 Å². The summed E-state index contributed by atoms with van der Waals surface area (Å²) < 4.78 is 48.5. The van der Waals surface area contributed by atoms with Crippen LogP contribution in [0.3, 0.4) is 0 Å². The Kier molecular flexibility index (Phi) is 6.67. The van der Waals surface area contributed by atoms with Crippen LogP contribution < -0.4 is 15.8 Å². The lowest BCUT2D eigenvalue weighted by Crippen LogP contribution is -2.19. The lowest BCUT2D eigenvalue weighted by atomic mass is 10.00. The third kappa shape index (κ3) is 5.69. The van der Waals surface area contributed by atoms with Gasteiger partial charge in [-0.15, -0.1) is 0 Å². The molecule has 0 spiro atoms. The molecule has 2 amide bonds. The summed E-state index contributed by atoms with van der Waals surface area (Å²) in [5.41, 5.74) is 5.45. The number of carbonyl (C=O) groups excluding carboxylic acids is 2. The smallest absolute Gasteiger partial charge is 0.417 e. The highest BCUT2D eigenvalue weighted by Crippen LogP contribution is 2.38. The average Bonchev–Trinajstić information content (AvgIpc) is 3.32. The highest BCUT2D eigenvalue weighted by atomic mass is 19.4. The number of pyridine rings is 1. The number of aromatic nitrogens is 4. The SMILES string of the molecule is NC(=O)Cc1cc(Oc2ccc3c(ccn3C(=O)Nc3ccc(-c4cccnc4)c(C(F)(F)F)c3)c2)ncn1. The molecule has 3 N–H and O–H groups in total. The summed E-state index contributed by atoms with van der Waals surface area (Å²) in [7, 11) is 0. The zero-order valence-corrected chi connectivity index (χ0v) is 20.0. The molecule has 9 nitrogen and oxygen atoms in total. The topological polar surface area (TPSA) is 125 Å². The number of anilines is 1. The third-order valence-electron chi connectivity index (χ3n) is 5.71. The van der Waals surface area contributed by atoms with E-state index in [1.54, 1.807) is 30.3 Å². The summed E-state index contributed by atoms with van der Waals surface area (Å²) in [5, 5.41) is 3.16. The second-order valence-electron chi connectivity index (χ2n) is 8.43. The van der Waals surface area contributed by atoms with Gasteiger partial charge in [0.25, 0.3) is 0 Å². The Labute approximate surface area is 219 Å². The Morgan fingerprint density at radius 3 is 2.62 bits per heavy atom. The number of amides is 2. The monoisotopic (exact) mass is 532 g/mol. The first-order valence-electron chi connectivity index (χ1n) is 11.5. The van der Waals surface area contributed by atoms with Crippen LogP contribution in [0.1, 0.15) is 11.3 Å². The van der Waals surface area contributed by atoms with Gasteiger partial charge >= 0.3 is 12.2 Å². The number of rotatable bonds is 6. The fourth-order valence-corrected chi connectivity index (χ4v) is 4.00. The molecule has 0 bridgehead atoms. The first-order chi connectivity index (χ1) is 18.7. The number of nitrogens with one attached hydrogen (secondary N) is 1. The van der Waals surface area contributed by atoms with Crippen molar-refractivity contribution < 1.29 is 27.5 Å². The molecule has 39 heavy (non-hydrogen) atoms. The van der Waals surface area contributed by atoms with Crippen LogP contribution in [0.25, 0.3) is 22.0 Å². The predicted octanol–water partition coefficient (Wildman–Crippen LogP) is 5.41. The van der Waals surface area contributed by atoms with Crippen LogP contribution in [0.4, 0.5) is 23.7 Å². The molecule has 0 radical (unpaired) electrons. The number of hydrogen-bond donors (Lipinski definition) is 2. The maximum absolute atomic E-state index is 13.8. The normalized spacial score (nSPS) is 11.4. The lowest BCUT2D eigenvalue weighted by Gasteiger charge is -2.15. The molecule has 0 atom stereocenters. The minimum absolute atomic E-state index is 0.0164. The number of alkyl halides is 3. The van der Waals surface area contributed by atoms with Gasteiger partial charge in [0.2, 0.25) is 11.8 Å². The summed E-state index contributed by atoms with van der Waals surface area (Å²) in [6, 6.07) is 14.1. The molecule has 0 aliphatic heterocycles. The van der Waals surface area contributed by atoms with E-state index in [9.17, 15) is 22.8 Å². The van der Waals surface area contributed by atoms with E-state index < -0.39 is 23.7 Å². The number of fused-ring (bicyclic) bond motifs is 1. The van der Waals surface area contributed by atoms with Gasteiger partial charge < -0.3 is 15.8 Å². The zero-order chi connectivity index (χ0) is 27.6. The summed E-state index contributed by atoms with van der Waals surface area (Å²) >= 11 is 0. The highest BCUT2D eigenvalue weighted by Gasteiger charge is 2.34. The van der Waals surface area contributed by atoms with Gasteiger partial charge in [0.15, 0.2) is 0 Å². The van der Waals surface area contributed by atoms with Gasteiger partial charge in [-0.25, -0.2) is 14.8 Å². The van der Waals surface area contributed by atoms with Crippen molar-refractivity contribution in [2.24, 2.45) is 5.73 Å². The van der Waals surface area contributed by atoms with E-state index in [-0.39, 0.29) is 23.6 Å². The van der Waals surface area contributed by atoms with Crippen molar-refractivity contribution >= 4 is 28.5 Å². The number of nitrogens with zero attached hydrogens (tertiary/aromatic N) is 4. The summed E-state index contributed by atoms with van der Waals surface area (Å²) in [5.74, 6) is 0.0675. The number of carbonyl (C=O) groups is 2. The fraction of sp³-hybridized carbons (Fsp3) is 0.0741. The minimum Gasteiger partial charge on any atom is -0.439 e. The van der Waals surface area contributed by atoms with Crippen LogP contribution in [-0.2, 0) is 17.4 Å². The molecule has 12 heteroatoms. The van der Waals surface area contributed by atoms with Crippen LogP contribution in [-0.4, -0.2) is 31.5 Å². The summed E-state index contributed by atoms with van der Waals surface area (Å²) in [6.45, 7) is 0. The fourth-order valence-electron chi connectivity index (χ4n) is 4.00. The van der Waals surface area contributed by atoms with Gasteiger partial charge in [-0.1, -0.05) is 12.1 Å². The largest absolute Gasteiger partial charge is 0.439 e. The Balaban J connectivity index is 1.37. The average molecular weight is 532 g/mol. The maximum atomic E-state index is 13.8. The van der Waals surface area contributed by atoms with E-state index >= 15 is 0 Å². The van der Waals surface area contributed by atoms with E-state index in [2.05, 4.69) is 20.3 Å². The molecule has 196 valence electrons. The van der Waals surface area contributed by atoms with Crippen LogP contribution in [0.5, 0.6) is 11.6 Å². The number of halogens is 3. The summed E-state index contributed by atoms with van der Waals surface area (Å²) in [4.78, 5) is 36.0. The van der Waals surface area contributed by atoms with Crippen molar-refractivity contribution in [3.8, 4) is 22.8 Å². The Bertz CT molecular complexity index is 1690. The molecule has 0 aliphatic carbocycles. The number of hydrogen-bond acceptors (Lipinski definition) is 6. The van der Waals surface area contributed by atoms with Gasteiger partial charge in [-0.05, 0) is 48.0 Å². The lowest BCUT2D eigenvalue weighted by molar-refractivity contribution is -0.137.